The van der Waals surface area contributed by atoms with Crippen molar-refractivity contribution in [3.63, 3.8) is 0 Å². The quantitative estimate of drug-likeness (QED) is 0.828. The van der Waals surface area contributed by atoms with Crippen LogP contribution in [0, 0.1) is 0 Å². The number of carbonyl (C=O) groups is 2. The zero-order valence-electron chi connectivity index (χ0n) is 10.8. The van der Waals surface area contributed by atoms with Crippen molar-refractivity contribution in [2.75, 3.05) is 6.54 Å². The molecule has 0 aromatic heterocycles. The molecule has 0 saturated carbocycles. The number of nitrogens with two attached hydrogens (primary N) is 1. The molecule has 1 atom stereocenters. The Morgan fingerprint density at radius 1 is 1.32 bits per heavy atom. The molecule has 102 valence electrons. The van der Waals surface area contributed by atoms with E-state index in [1.54, 1.807) is 38.1 Å². The van der Waals surface area contributed by atoms with E-state index in [-0.39, 0.29) is 12.5 Å². The third-order valence-electron chi connectivity index (χ3n) is 2.79. The van der Waals surface area contributed by atoms with Crippen molar-refractivity contribution in [1.29, 1.82) is 0 Å². The maximum absolute atomic E-state index is 12.2. The molecule has 3 amide bonds. The Morgan fingerprint density at radius 3 is 2.42 bits per heavy atom. The van der Waals surface area contributed by atoms with Crippen LogP contribution in [0.5, 0.6) is 0 Å². The first-order valence-corrected chi connectivity index (χ1v) is 6.32. The molecule has 1 aromatic carbocycles. The highest BCUT2D eigenvalue weighted by molar-refractivity contribution is 6.30. The van der Waals surface area contributed by atoms with Crippen LogP contribution in [0.4, 0.5) is 4.79 Å². The van der Waals surface area contributed by atoms with E-state index in [1.165, 1.54) is 0 Å². The van der Waals surface area contributed by atoms with Crippen molar-refractivity contribution >= 4 is 23.5 Å². The summed E-state index contributed by atoms with van der Waals surface area (Å²) in [5.41, 5.74) is 5.94. The fourth-order valence-electron chi connectivity index (χ4n) is 1.96. The topological polar surface area (TPSA) is 75.4 Å². The summed E-state index contributed by atoms with van der Waals surface area (Å²) in [5, 5.41) is 3.23. The van der Waals surface area contributed by atoms with Gasteiger partial charge in [-0.1, -0.05) is 23.7 Å². The molecule has 1 aliphatic heterocycles. The lowest BCUT2D eigenvalue weighted by atomic mass is 10.1. The second kappa shape index (κ2) is 4.83. The van der Waals surface area contributed by atoms with Crippen LogP contribution in [0.25, 0.3) is 0 Å². The number of nitrogens with one attached hydrogen (secondary N) is 1. The summed E-state index contributed by atoms with van der Waals surface area (Å²) in [4.78, 5) is 25.2. The molecule has 6 heteroatoms. The van der Waals surface area contributed by atoms with Gasteiger partial charge in [0.2, 0.25) is 0 Å². The van der Waals surface area contributed by atoms with Crippen molar-refractivity contribution in [2.45, 2.75) is 25.4 Å². The van der Waals surface area contributed by atoms with Crippen molar-refractivity contribution in [2.24, 2.45) is 5.73 Å². The molecule has 5 nitrogen and oxygen atoms in total. The minimum Gasteiger partial charge on any atom is -0.324 e. The number of urea groups is 1. The summed E-state index contributed by atoms with van der Waals surface area (Å²) >= 11 is 5.80. The fraction of sp³-hybridized carbons (Fsp3) is 0.385. The summed E-state index contributed by atoms with van der Waals surface area (Å²) in [5.74, 6) is -0.286. The fourth-order valence-corrected chi connectivity index (χ4v) is 2.08. The number of benzene rings is 1. The first-order chi connectivity index (χ1) is 8.78. The molecule has 1 saturated heterocycles. The number of carbonyl (C=O) groups excluding carboxylic acids is 2. The molecule has 3 N–H and O–H groups in total. The summed E-state index contributed by atoms with van der Waals surface area (Å²) < 4.78 is 0. The minimum atomic E-state index is -0.660. The SMILES string of the molecule is CC(C)(N)CN1C(=O)NC(c2ccc(Cl)cc2)C1=O. The maximum Gasteiger partial charge on any atom is 0.325 e. The number of amides is 3. The minimum absolute atomic E-state index is 0.182. The zero-order valence-corrected chi connectivity index (χ0v) is 11.6. The maximum atomic E-state index is 12.2. The van der Waals surface area contributed by atoms with E-state index >= 15 is 0 Å². The molecular formula is C13H16ClN3O2. The van der Waals surface area contributed by atoms with Gasteiger partial charge in [0.1, 0.15) is 6.04 Å². The number of nitrogens with zero attached hydrogens (tertiary/aromatic N) is 1. The molecule has 19 heavy (non-hydrogen) atoms. The average Bonchev–Trinajstić information content (AvgIpc) is 2.56. The smallest absolute Gasteiger partial charge is 0.324 e. The van der Waals surface area contributed by atoms with Crippen LogP contribution in [0.1, 0.15) is 25.5 Å². The van der Waals surface area contributed by atoms with Gasteiger partial charge in [-0.2, -0.15) is 0 Å². The van der Waals surface area contributed by atoms with Crippen molar-refractivity contribution < 1.29 is 9.59 Å². The highest BCUT2D eigenvalue weighted by atomic mass is 35.5. The molecule has 1 fully saturated rings. The number of rotatable bonds is 3. The van der Waals surface area contributed by atoms with Gasteiger partial charge < -0.3 is 11.1 Å². The predicted molar refractivity (Wildman–Crippen MR) is 72.7 cm³/mol. The number of hydrogen-bond acceptors (Lipinski definition) is 3. The van der Waals surface area contributed by atoms with E-state index in [4.69, 9.17) is 17.3 Å². The van der Waals surface area contributed by atoms with E-state index in [1.807, 2.05) is 0 Å². The second-order valence-electron chi connectivity index (χ2n) is 5.35. The first kappa shape index (κ1) is 13.8. The standard InChI is InChI=1S/C13H16ClN3O2/c1-13(2,15)7-17-11(18)10(16-12(17)19)8-3-5-9(14)6-4-8/h3-6,10H,7,15H2,1-2H3,(H,16,19). The van der Waals surface area contributed by atoms with Crippen LogP contribution < -0.4 is 11.1 Å². The van der Waals surface area contributed by atoms with Crippen molar-refractivity contribution in [1.82, 2.24) is 10.2 Å². The van der Waals surface area contributed by atoms with Crippen LogP contribution in [-0.4, -0.2) is 28.9 Å². The normalized spacial score (nSPS) is 19.8. The van der Waals surface area contributed by atoms with Crippen LogP contribution in [0.15, 0.2) is 24.3 Å². The van der Waals surface area contributed by atoms with Gasteiger partial charge in [0.05, 0.1) is 0 Å². The highest BCUT2D eigenvalue weighted by Crippen LogP contribution is 2.24. The van der Waals surface area contributed by atoms with Crippen LogP contribution in [-0.2, 0) is 4.79 Å². The highest BCUT2D eigenvalue weighted by Gasteiger charge is 2.40. The molecule has 1 heterocycles. The van der Waals surface area contributed by atoms with Gasteiger partial charge in [-0.15, -0.1) is 0 Å². The van der Waals surface area contributed by atoms with E-state index in [2.05, 4.69) is 5.32 Å². The van der Waals surface area contributed by atoms with Gasteiger partial charge in [0.15, 0.2) is 0 Å². The number of imide groups is 1. The summed E-state index contributed by atoms with van der Waals surface area (Å²) in [6.45, 7) is 3.72. The van der Waals surface area contributed by atoms with Gasteiger partial charge in [-0.3, -0.25) is 9.69 Å². The lowest BCUT2D eigenvalue weighted by molar-refractivity contribution is -0.128. The summed E-state index contributed by atoms with van der Waals surface area (Å²) in [6, 6.07) is 5.75. The number of hydrogen-bond donors (Lipinski definition) is 2. The third kappa shape index (κ3) is 3.05. The predicted octanol–water partition coefficient (Wildman–Crippen LogP) is 1.67. The van der Waals surface area contributed by atoms with Gasteiger partial charge in [0, 0.05) is 17.1 Å². The van der Waals surface area contributed by atoms with Gasteiger partial charge >= 0.3 is 6.03 Å². The van der Waals surface area contributed by atoms with Crippen LogP contribution in [0.2, 0.25) is 5.02 Å². The van der Waals surface area contributed by atoms with E-state index in [0.29, 0.717) is 10.6 Å². The Bertz CT molecular complexity index is 508. The van der Waals surface area contributed by atoms with E-state index in [0.717, 1.165) is 4.90 Å². The molecule has 1 unspecified atom stereocenters. The molecule has 0 radical (unpaired) electrons. The summed E-state index contributed by atoms with van der Waals surface area (Å²) in [7, 11) is 0. The van der Waals surface area contributed by atoms with Crippen LogP contribution in [0.3, 0.4) is 0 Å². The molecule has 0 bridgehead atoms. The largest absolute Gasteiger partial charge is 0.325 e. The van der Waals surface area contributed by atoms with Gasteiger partial charge in [-0.25, -0.2) is 4.79 Å². The van der Waals surface area contributed by atoms with E-state index in [9.17, 15) is 9.59 Å². The molecule has 1 aromatic rings. The first-order valence-electron chi connectivity index (χ1n) is 5.94. The molecule has 0 aliphatic carbocycles. The molecule has 2 rings (SSSR count). The Kier molecular flexibility index (Phi) is 3.52. The lowest BCUT2D eigenvalue weighted by Gasteiger charge is -2.24. The van der Waals surface area contributed by atoms with Gasteiger partial charge in [-0.05, 0) is 31.5 Å². The third-order valence-corrected chi connectivity index (χ3v) is 3.05. The zero-order chi connectivity index (χ0) is 14.2. The molecule has 0 spiro atoms. The van der Waals surface area contributed by atoms with Crippen LogP contribution >= 0.6 is 11.6 Å². The second-order valence-corrected chi connectivity index (χ2v) is 5.78. The van der Waals surface area contributed by atoms with Crippen molar-refractivity contribution in [3.8, 4) is 0 Å². The van der Waals surface area contributed by atoms with Crippen molar-refractivity contribution in [3.05, 3.63) is 34.9 Å². The average molecular weight is 282 g/mol. The molecule has 1 aliphatic rings. The Hall–Kier alpha value is -1.59. The Balaban J connectivity index is 2.20. The summed E-state index contributed by atoms with van der Waals surface area (Å²) in [6.07, 6.45) is 0. The van der Waals surface area contributed by atoms with E-state index < -0.39 is 17.6 Å². The number of halogens is 1. The van der Waals surface area contributed by atoms with Gasteiger partial charge in [0.25, 0.3) is 5.91 Å². The lowest BCUT2D eigenvalue weighted by Crippen LogP contribution is -2.47. The monoisotopic (exact) mass is 281 g/mol. The molecular weight excluding hydrogens is 266 g/mol. The Labute approximate surface area is 116 Å². The Morgan fingerprint density at radius 2 is 1.89 bits per heavy atom.